The maximum Gasteiger partial charge on any atom is 0.0599 e. The predicted molar refractivity (Wildman–Crippen MR) is 80.5 cm³/mol. The largest absolute Gasteiger partial charge is 0.378 e. The van der Waals surface area contributed by atoms with Crippen LogP contribution < -0.4 is 5.32 Å². The predicted octanol–water partition coefficient (Wildman–Crippen LogP) is 2.66. The van der Waals surface area contributed by atoms with Crippen LogP contribution in [0.5, 0.6) is 0 Å². The van der Waals surface area contributed by atoms with E-state index >= 15 is 0 Å². The van der Waals surface area contributed by atoms with Gasteiger partial charge in [0.25, 0.3) is 0 Å². The van der Waals surface area contributed by atoms with Gasteiger partial charge in [-0.1, -0.05) is 19.3 Å². The lowest BCUT2D eigenvalue weighted by atomic mass is 9.83. The molecule has 1 N–H and O–H groups in total. The minimum absolute atomic E-state index is 0.518. The molecule has 0 aromatic rings. The number of likely N-dealkylation sites (N-methyl/N-ethyl adjacent to an activating group) is 1. The van der Waals surface area contributed by atoms with Gasteiger partial charge in [-0.05, 0) is 45.6 Å². The van der Waals surface area contributed by atoms with Gasteiger partial charge >= 0.3 is 0 Å². The van der Waals surface area contributed by atoms with Crippen LogP contribution in [0.2, 0.25) is 0 Å². The molecule has 1 saturated heterocycles. The Labute approximate surface area is 119 Å². The summed E-state index contributed by atoms with van der Waals surface area (Å²) in [5.74, 6) is 0.906. The van der Waals surface area contributed by atoms with Crippen molar-refractivity contribution in [2.75, 3.05) is 33.3 Å². The summed E-state index contributed by atoms with van der Waals surface area (Å²) in [5.41, 5.74) is 0. The molecule has 1 aliphatic heterocycles. The third kappa shape index (κ3) is 4.73. The first-order valence-electron chi connectivity index (χ1n) is 8.34. The third-order valence-corrected chi connectivity index (χ3v) is 4.98. The number of likely N-dealkylation sites (tertiary alicyclic amines) is 1. The molecule has 2 aliphatic rings. The van der Waals surface area contributed by atoms with E-state index in [2.05, 4.69) is 24.2 Å². The molecule has 0 aromatic heterocycles. The smallest absolute Gasteiger partial charge is 0.0599 e. The molecular weight excluding hydrogens is 236 g/mol. The maximum absolute atomic E-state index is 5.74. The lowest BCUT2D eigenvalue weighted by Gasteiger charge is -2.37. The summed E-state index contributed by atoms with van der Waals surface area (Å²) in [5, 5.41) is 3.58. The van der Waals surface area contributed by atoms with Crippen LogP contribution in [0, 0.1) is 5.92 Å². The van der Waals surface area contributed by atoms with Crippen molar-refractivity contribution in [2.24, 2.45) is 5.92 Å². The first kappa shape index (κ1) is 15.3. The second-order valence-electron chi connectivity index (χ2n) is 6.25. The summed E-state index contributed by atoms with van der Waals surface area (Å²) >= 11 is 0. The molecule has 1 saturated carbocycles. The summed E-state index contributed by atoms with van der Waals surface area (Å²) in [6.45, 7) is 6.64. The lowest BCUT2D eigenvalue weighted by molar-refractivity contribution is 0.0105. The molecule has 3 nitrogen and oxygen atoms in total. The molecule has 19 heavy (non-hydrogen) atoms. The van der Waals surface area contributed by atoms with Gasteiger partial charge in [-0.2, -0.15) is 0 Å². The molecule has 3 heteroatoms. The van der Waals surface area contributed by atoms with Gasteiger partial charge in [-0.25, -0.2) is 0 Å². The van der Waals surface area contributed by atoms with Crippen LogP contribution >= 0.6 is 0 Å². The molecule has 2 fully saturated rings. The maximum atomic E-state index is 5.74. The molecule has 1 heterocycles. The van der Waals surface area contributed by atoms with E-state index in [1.54, 1.807) is 0 Å². The Kier molecular flexibility index (Phi) is 6.62. The van der Waals surface area contributed by atoms with E-state index in [1.165, 1.54) is 64.6 Å². The topological polar surface area (TPSA) is 24.5 Å². The van der Waals surface area contributed by atoms with Gasteiger partial charge in [-0.15, -0.1) is 0 Å². The molecule has 0 bridgehead atoms. The molecule has 0 amide bonds. The van der Waals surface area contributed by atoms with Crippen molar-refractivity contribution in [3.8, 4) is 0 Å². The number of piperidine rings is 1. The van der Waals surface area contributed by atoms with Gasteiger partial charge in [0.05, 0.1) is 6.10 Å². The average molecular weight is 268 g/mol. The molecular formula is C16H32N2O. The molecule has 2 rings (SSSR count). The normalized spacial score (nSPS) is 25.6. The van der Waals surface area contributed by atoms with E-state index in [-0.39, 0.29) is 0 Å². The van der Waals surface area contributed by atoms with Gasteiger partial charge in [0.2, 0.25) is 0 Å². The van der Waals surface area contributed by atoms with E-state index in [0.29, 0.717) is 12.1 Å². The quantitative estimate of drug-likeness (QED) is 0.801. The molecule has 0 spiro atoms. The van der Waals surface area contributed by atoms with Crippen molar-refractivity contribution >= 4 is 0 Å². The molecule has 112 valence electrons. The van der Waals surface area contributed by atoms with Crippen LogP contribution in [0.1, 0.15) is 51.9 Å². The molecule has 0 radical (unpaired) electrons. The number of rotatable bonds is 6. The summed E-state index contributed by atoms with van der Waals surface area (Å²) in [6.07, 6.45) is 10.1. The van der Waals surface area contributed by atoms with Gasteiger partial charge in [-0.3, -0.25) is 0 Å². The first-order valence-corrected chi connectivity index (χ1v) is 8.34. The third-order valence-electron chi connectivity index (χ3n) is 4.98. The second kappa shape index (κ2) is 8.23. The standard InChI is InChI=1S/C16H32N2O/c1-3-19-15-9-11-18(12-10-15)13-16(17-2)14-7-5-4-6-8-14/h14-17H,3-13H2,1-2H3. The van der Waals surface area contributed by atoms with E-state index < -0.39 is 0 Å². The minimum Gasteiger partial charge on any atom is -0.378 e. The highest BCUT2D eigenvalue weighted by Gasteiger charge is 2.26. The molecule has 1 unspecified atom stereocenters. The summed E-state index contributed by atoms with van der Waals surface area (Å²) in [4.78, 5) is 2.64. The fourth-order valence-corrected chi connectivity index (χ4v) is 3.78. The average Bonchev–Trinajstić information content (AvgIpc) is 2.48. The van der Waals surface area contributed by atoms with Crippen molar-refractivity contribution in [1.82, 2.24) is 10.2 Å². The second-order valence-corrected chi connectivity index (χ2v) is 6.25. The van der Waals surface area contributed by atoms with Crippen LogP contribution in [0.3, 0.4) is 0 Å². The van der Waals surface area contributed by atoms with Crippen LogP contribution in [0.25, 0.3) is 0 Å². The number of hydrogen-bond donors (Lipinski definition) is 1. The van der Waals surface area contributed by atoms with Crippen molar-refractivity contribution in [3.63, 3.8) is 0 Å². The Hall–Kier alpha value is -0.120. The zero-order chi connectivity index (χ0) is 13.5. The Balaban J connectivity index is 1.73. The van der Waals surface area contributed by atoms with Crippen LogP contribution in [0.4, 0.5) is 0 Å². The zero-order valence-corrected chi connectivity index (χ0v) is 12.9. The molecule has 1 aliphatic carbocycles. The highest BCUT2D eigenvalue weighted by molar-refractivity contribution is 4.83. The Morgan fingerprint density at radius 2 is 1.79 bits per heavy atom. The monoisotopic (exact) mass is 268 g/mol. The Morgan fingerprint density at radius 3 is 2.37 bits per heavy atom. The van der Waals surface area contributed by atoms with Crippen molar-refractivity contribution < 1.29 is 4.74 Å². The van der Waals surface area contributed by atoms with E-state index in [4.69, 9.17) is 4.74 Å². The Morgan fingerprint density at radius 1 is 1.11 bits per heavy atom. The van der Waals surface area contributed by atoms with Crippen LogP contribution in [-0.4, -0.2) is 50.3 Å². The van der Waals surface area contributed by atoms with Crippen molar-refractivity contribution in [3.05, 3.63) is 0 Å². The van der Waals surface area contributed by atoms with Gasteiger partial charge in [0, 0.05) is 32.3 Å². The van der Waals surface area contributed by atoms with Crippen LogP contribution in [-0.2, 0) is 4.74 Å². The highest BCUT2D eigenvalue weighted by Crippen LogP contribution is 2.27. The Bertz CT molecular complexity index is 233. The van der Waals surface area contributed by atoms with Crippen molar-refractivity contribution in [1.29, 1.82) is 0 Å². The van der Waals surface area contributed by atoms with E-state index in [1.807, 2.05) is 0 Å². The number of nitrogens with one attached hydrogen (secondary N) is 1. The SMILES string of the molecule is CCOC1CCN(CC(NC)C2CCCCC2)CC1. The molecule has 1 atom stereocenters. The van der Waals surface area contributed by atoms with Crippen LogP contribution in [0.15, 0.2) is 0 Å². The van der Waals surface area contributed by atoms with Gasteiger partial charge in [0.15, 0.2) is 0 Å². The minimum atomic E-state index is 0.518. The fraction of sp³-hybridized carbons (Fsp3) is 1.00. The summed E-state index contributed by atoms with van der Waals surface area (Å²) in [7, 11) is 2.15. The highest BCUT2D eigenvalue weighted by atomic mass is 16.5. The number of ether oxygens (including phenoxy) is 1. The summed E-state index contributed by atoms with van der Waals surface area (Å²) < 4.78 is 5.74. The van der Waals surface area contributed by atoms with Gasteiger partial charge in [0.1, 0.15) is 0 Å². The molecule has 0 aromatic carbocycles. The van der Waals surface area contributed by atoms with Crippen molar-refractivity contribution in [2.45, 2.75) is 64.0 Å². The van der Waals surface area contributed by atoms with Gasteiger partial charge < -0.3 is 15.0 Å². The van der Waals surface area contributed by atoms with E-state index in [9.17, 15) is 0 Å². The number of nitrogens with zero attached hydrogens (tertiary/aromatic N) is 1. The fourth-order valence-electron chi connectivity index (χ4n) is 3.78. The summed E-state index contributed by atoms with van der Waals surface area (Å²) in [6, 6.07) is 0.698. The number of hydrogen-bond acceptors (Lipinski definition) is 3. The van der Waals surface area contributed by atoms with E-state index in [0.717, 1.165) is 12.5 Å². The lowest BCUT2D eigenvalue weighted by Crippen LogP contribution is -2.48. The first-order chi connectivity index (χ1) is 9.33. The zero-order valence-electron chi connectivity index (χ0n) is 12.9.